The second-order valence-corrected chi connectivity index (χ2v) is 8.07. The predicted molar refractivity (Wildman–Crippen MR) is 121 cm³/mol. The second-order valence-electron chi connectivity index (χ2n) is 7.12. The van der Waals surface area contributed by atoms with E-state index >= 15 is 0 Å². The number of benzene rings is 2. The summed E-state index contributed by atoms with van der Waals surface area (Å²) in [6, 6.07) is 18.9. The van der Waals surface area contributed by atoms with E-state index in [4.69, 9.17) is 5.26 Å². The summed E-state index contributed by atoms with van der Waals surface area (Å²) in [5.41, 5.74) is 2.68. The number of amides is 2. The molecule has 1 N–H and O–H groups in total. The summed E-state index contributed by atoms with van der Waals surface area (Å²) < 4.78 is 0. The highest BCUT2D eigenvalue weighted by Gasteiger charge is 2.41. The highest BCUT2D eigenvalue weighted by atomic mass is 32.2. The van der Waals surface area contributed by atoms with E-state index in [2.05, 4.69) is 21.4 Å². The van der Waals surface area contributed by atoms with Crippen molar-refractivity contribution >= 4 is 40.3 Å². The van der Waals surface area contributed by atoms with Crippen LogP contribution in [-0.4, -0.2) is 46.1 Å². The number of aliphatic imine (C=N–C) groups is 2. The van der Waals surface area contributed by atoms with E-state index in [0.717, 1.165) is 23.2 Å². The van der Waals surface area contributed by atoms with Crippen LogP contribution in [0.4, 0.5) is 5.69 Å². The van der Waals surface area contributed by atoms with E-state index in [-0.39, 0.29) is 24.0 Å². The van der Waals surface area contributed by atoms with Gasteiger partial charge in [0, 0.05) is 18.5 Å². The van der Waals surface area contributed by atoms with Crippen molar-refractivity contribution in [3.8, 4) is 6.07 Å². The summed E-state index contributed by atoms with van der Waals surface area (Å²) in [4.78, 5) is 36.0. The molecule has 0 aromatic heterocycles. The lowest BCUT2D eigenvalue weighted by molar-refractivity contribution is -0.125. The molecule has 156 valence electrons. The van der Waals surface area contributed by atoms with Crippen LogP contribution in [0.3, 0.4) is 0 Å². The Labute approximate surface area is 184 Å². The van der Waals surface area contributed by atoms with Crippen LogP contribution in [0, 0.1) is 11.3 Å². The number of nitriles is 1. The van der Waals surface area contributed by atoms with E-state index in [1.54, 1.807) is 0 Å². The number of nitrogens with one attached hydrogen (secondary N) is 1. The van der Waals surface area contributed by atoms with E-state index < -0.39 is 6.04 Å². The van der Waals surface area contributed by atoms with Crippen molar-refractivity contribution in [2.24, 2.45) is 9.98 Å². The van der Waals surface area contributed by atoms with Gasteiger partial charge < -0.3 is 5.32 Å². The summed E-state index contributed by atoms with van der Waals surface area (Å²) in [6.07, 6.45) is 1.31. The highest BCUT2D eigenvalue weighted by molar-refractivity contribution is 8.14. The quantitative estimate of drug-likeness (QED) is 0.728. The SMILES string of the molecule is N#CCSC1=Nc2ccccc2C2=NC(CCC(=O)NCCc3ccccc3)C(=O)N12. The number of fused-ring (bicyclic) bond motifs is 3. The van der Waals surface area contributed by atoms with Crippen molar-refractivity contribution in [1.82, 2.24) is 10.2 Å². The molecule has 4 rings (SSSR count). The Morgan fingerprint density at radius 3 is 2.74 bits per heavy atom. The molecule has 2 aliphatic rings. The molecule has 0 fully saturated rings. The van der Waals surface area contributed by atoms with E-state index in [0.29, 0.717) is 24.0 Å². The molecule has 8 heteroatoms. The Morgan fingerprint density at radius 1 is 1.16 bits per heavy atom. The summed E-state index contributed by atoms with van der Waals surface area (Å²) in [5, 5.41) is 12.3. The fourth-order valence-corrected chi connectivity index (χ4v) is 4.19. The van der Waals surface area contributed by atoms with Crippen LogP contribution in [-0.2, 0) is 16.0 Å². The first-order chi connectivity index (χ1) is 15.2. The number of carbonyl (C=O) groups excluding carboxylic acids is 2. The number of rotatable bonds is 7. The number of hydrogen-bond donors (Lipinski definition) is 1. The zero-order valence-electron chi connectivity index (χ0n) is 16.8. The largest absolute Gasteiger partial charge is 0.356 e. The number of hydrogen-bond acceptors (Lipinski definition) is 6. The number of carbonyl (C=O) groups is 2. The third-order valence-corrected chi connectivity index (χ3v) is 5.84. The Balaban J connectivity index is 1.39. The van der Waals surface area contributed by atoms with Crippen LogP contribution >= 0.6 is 11.8 Å². The molecule has 1 atom stereocenters. The smallest absolute Gasteiger partial charge is 0.259 e. The standard InChI is InChI=1S/C23H21N5O2S/c24-13-15-31-23-27-18-9-5-4-8-17(18)21-26-19(22(30)28(21)23)10-11-20(29)25-14-12-16-6-2-1-3-7-16/h1-9,19H,10-12,14-15H2,(H,25,29). The first-order valence-electron chi connectivity index (χ1n) is 10.1. The maximum absolute atomic E-state index is 13.0. The minimum atomic E-state index is -0.631. The summed E-state index contributed by atoms with van der Waals surface area (Å²) in [6.45, 7) is 0.553. The minimum Gasteiger partial charge on any atom is -0.356 e. The molecule has 0 radical (unpaired) electrons. The number of para-hydroxylation sites is 1. The number of thioether (sulfide) groups is 1. The highest BCUT2D eigenvalue weighted by Crippen LogP contribution is 2.34. The fourth-order valence-electron chi connectivity index (χ4n) is 3.53. The van der Waals surface area contributed by atoms with Crippen LogP contribution in [0.25, 0.3) is 0 Å². The third kappa shape index (κ3) is 4.67. The Hall–Kier alpha value is -3.44. The monoisotopic (exact) mass is 431 g/mol. The van der Waals surface area contributed by atoms with Gasteiger partial charge in [0.2, 0.25) is 5.91 Å². The molecule has 1 unspecified atom stereocenters. The van der Waals surface area contributed by atoms with Crippen molar-refractivity contribution < 1.29 is 9.59 Å². The molecular formula is C23H21N5O2S. The van der Waals surface area contributed by atoms with Gasteiger partial charge in [-0.3, -0.25) is 14.6 Å². The van der Waals surface area contributed by atoms with E-state index in [1.807, 2.05) is 54.6 Å². The Kier molecular flexibility index (Phi) is 6.43. The zero-order chi connectivity index (χ0) is 21.6. The maximum Gasteiger partial charge on any atom is 0.259 e. The molecule has 2 aliphatic heterocycles. The normalized spacial score (nSPS) is 16.7. The lowest BCUT2D eigenvalue weighted by Crippen LogP contribution is -2.41. The van der Waals surface area contributed by atoms with Crippen molar-refractivity contribution in [2.45, 2.75) is 25.3 Å². The molecule has 2 aromatic rings. The van der Waals surface area contributed by atoms with Crippen LogP contribution in [0.1, 0.15) is 24.0 Å². The van der Waals surface area contributed by atoms with E-state index in [1.165, 1.54) is 16.7 Å². The molecule has 0 saturated heterocycles. The lowest BCUT2D eigenvalue weighted by atomic mass is 10.1. The summed E-state index contributed by atoms with van der Waals surface area (Å²) in [7, 11) is 0. The Morgan fingerprint density at radius 2 is 1.94 bits per heavy atom. The molecular weight excluding hydrogens is 410 g/mol. The van der Waals surface area contributed by atoms with Gasteiger partial charge in [0.25, 0.3) is 5.91 Å². The predicted octanol–water partition coefficient (Wildman–Crippen LogP) is 3.04. The van der Waals surface area contributed by atoms with Gasteiger partial charge in [0.05, 0.1) is 17.5 Å². The van der Waals surface area contributed by atoms with Crippen molar-refractivity contribution in [3.63, 3.8) is 0 Å². The minimum absolute atomic E-state index is 0.0954. The molecule has 2 amide bonds. The van der Waals surface area contributed by atoms with Gasteiger partial charge >= 0.3 is 0 Å². The van der Waals surface area contributed by atoms with Gasteiger partial charge in [0.15, 0.2) is 5.17 Å². The molecule has 0 spiro atoms. The molecule has 31 heavy (non-hydrogen) atoms. The van der Waals surface area contributed by atoms with Crippen molar-refractivity contribution in [3.05, 3.63) is 65.7 Å². The summed E-state index contributed by atoms with van der Waals surface area (Å²) in [5.74, 6) is 0.435. The van der Waals surface area contributed by atoms with Gasteiger partial charge in [0.1, 0.15) is 11.9 Å². The van der Waals surface area contributed by atoms with E-state index in [9.17, 15) is 9.59 Å². The average Bonchev–Trinajstić information content (AvgIpc) is 3.13. The third-order valence-electron chi connectivity index (χ3n) is 5.04. The lowest BCUT2D eigenvalue weighted by Gasteiger charge is -2.25. The van der Waals surface area contributed by atoms with Gasteiger partial charge in [-0.15, -0.1) is 0 Å². The van der Waals surface area contributed by atoms with Gasteiger partial charge in [-0.1, -0.05) is 54.2 Å². The number of amidine groups is 2. The van der Waals surface area contributed by atoms with Crippen molar-refractivity contribution in [2.75, 3.05) is 12.3 Å². The van der Waals surface area contributed by atoms with Crippen LogP contribution in [0.15, 0.2) is 64.6 Å². The van der Waals surface area contributed by atoms with Gasteiger partial charge in [-0.2, -0.15) is 5.26 Å². The molecule has 2 aromatic carbocycles. The average molecular weight is 432 g/mol. The van der Waals surface area contributed by atoms with Crippen LogP contribution < -0.4 is 5.32 Å². The maximum atomic E-state index is 13.0. The molecule has 0 aliphatic carbocycles. The molecule has 2 heterocycles. The Bertz CT molecular complexity index is 1090. The van der Waals surface area contributed by atoms with Crippen LogP contribution in [0.2, 0.25) is 0 Å². The number of nitrogens with zero attached hydrogens (tertiary/aromatic N) is 4. The van der Waals surface area contributed by atoms with Crippen LogP contribution in [0.5, 0.6) is 0 Å². The molecule has 7 nitrogen and oxygen atoms in total. The zero-order valence-corrected chi connectivity index (χ0v) is 17.6. The molecule has 0 bridgehead atoms. The van der Waals surface area contributed by atoms with Gasteiger partial charge in [-0.05, 0) is 30.5 Å². The fraction of sp³-hybridized carbons (Fsp3) is 0.261. The first-order valence-corrected chi connectivity index (χ1v) is 11.1. The second kappa shape index (κ2) is 9.58. The van der Waals surface area contributed by atoms with Crippen molar-refractivity contribution in [1.29, 1.82) is 5.26 Å². The molecule has 0 saturated carbocycles. The topological polar surface area (TPSA) is 97.9 Å². The van der Waals surface area contributed by atoms with Gasteiger partial charge in [-0.25, -0.2) is 9.89 Å². The first kappa shape index (κ1) is 20.8. The summed E-state index contributed by atoms with van der Waals surface area (Å²) >= 11 is 1.21.